The summed E-state index contributed by atoms with van der Waals surface area (Å²) in [5.74, 6) is 0.118. The number of carbonyl (C=O) groups excluding carboxylic acids is 1. The molecule has 2 aromatic rings. The van der Waals surface area contributed by atoms with Crippen LogP contribution in [0.15, 0.2) is 40.9 Å². The number of amides is 1. The first kappa shape index (κ1) is 14.4. The first-order valence-electron chi connectivity index (χ1n) is 6.03. The number of para-hydroxylation sites is 1. The number of nitrogens with two attached hydrogens (primary N) is 1. The summed E-state index contributed by atoms with van der Waals surface area (Å²) >= 11 is 3.43. The molecule has 0 aliphatic heterocycles. The third-order valence-corrected chi connectivity index (χ3v) is 3.52. The Balaban J connectivity index is 2.31. The number of nitrogens with one attached hydrogen (secondary N) is 1. The number of benzene rings is 2. The highest BCUT2D eigenvalue weighted by molar-refractivity contribution is 9.10. The van der Waals surface area contributed by atoms with Crippen LogP contribution >= 0.6 is 15.9 Å². The molecule has 0 unspecified atom stereocenters. The minimum absolute atomic E-state index is 0.265. The van der Waals surface area contributed by atoms with Gasteiger partial charge in [-0.05, 0) is 52.7 Å². The van der Waals surface area contributed by atoms with Gasteiger partial charge in [0.2, 0.25) is 0 Å². The van der Waals surface area contributed by atoms with Crippen LogP contribution in [0.1, 0.15) is 15.9 Å². The molecule has 0 aliphatic rings. The average molecular weight is 335 g/mol. The van der Waals surface area contributed by atoms with Crippen LogP contribution < -0.4 is 15.8 Å². The Hall–Kier alpha value is -2.01. The Labute approximate surface area is 126 Å². The molecule has 0 aliphatic carbocycles. The third kappa shape index (κ3) is 2.93. The van der Waals surface area contributed by atoms with E-state index < -0.39 is 0 Å². The van der Waals surface area contributed by atoms with Crippen molar-refractivity contribution in [2.45, 2.75) is 6.92 Å². The molecule has 0 saturated heterocycles. The zero-order chi connectivity index (χ0) is 14.7. The topological polar surface area (TPSA) is 64.3 Å². The van der Waals surface area contributed by atoms with Gasteiger partial charge in [0.25, 0.3) is 5.91 Å². The van der Waals surface area contributed by atoms with Crippen molar-refractivity contribution in [1.82, 2.24) is 0 Å². The van der Waals surface area contributed by atoms with Crippen LogP contribution in [0.25, 0.3) is 0 Å². The molecule has 5 heteroatoms. The molecule has 0 atom stereocenters. The molecule has 1 amide bonds. The first-order chi connectivity index (χ1) is 9.52. The highest BCUT2D eigenvalue weighted by Crippen LogP contribution is 2.28. The van der Waals surface area contributed by atoms with E-state index in [9.17, 15) is 4.79 Å². The Morgan fingerprint density at radius 3 is 2.70 bits per heavy atom. The van der Waals surface area contributed by atoms with Crippen LogP contribution in [0, 0.1) is 6.92 Å². The van der Waals surface area contributed by atoms with Crippen molar-refractivity contribution in [3.63, 3.8) is 0 Å². The van der Waals surface area contributed by atoms with Crippen LogP contribution in [0.2, 0.25) is 0 Å². The van der Waals surface area contributed by atoms with Crippen molar-refractivity contribution in [3.05, 3.63) is 52.0 Å². The maximum Gasteiger partial charge on any atom is 0.259 e. The van der Waals surface area contributed by atoms with Gasteiger partial charge in [0.15, 0.2) is 5.75 Å². The lowest BCUT2D eigenvalue weighted by molar-refractivity contribution is 0.102. The standard InChI is InChI=1S/C15H15BrN2O2/c1-9-6-7-13(11(16)8-9)18-15(19)10-4-3-5-12(17)14(10)20-2/h3-8H,17H2,1-2H3,(H,18,19). The lowest BCUT2D eigenvalue weighted by atomic mass is 10.1. The minimum Gasteiger partial charge on any atom is -0.494 e. The number of hydrogen-bond donors (Lipinski definition) is 2. The minimum atomic E-state index is -0.265. The molecular weight excluding hydrogens is 320 g/mol. The second-order valence-electron chi connectivity index (χ2n) is 4.37. The highest BCUT2D eigenvalue weighted by atomic mass is 79.9. The van der Waals surface area contributed by atoms with Crippen LogP contribution in [-0.4, -0.2) is 13.0 Å². The van der Waals surface area contributed by atoms with Crippen molar-refractivity contribution in [2.75, 3.05) is 18.2 Å². The Bertz CT molecular complexity index is 656. The molecule has 2 aromatic carbocycles. The van der Waals surface area contributed by atoms with Crippen LogP contribution in [0.4, 0.5) is 11.4 Å². The summed E-state index contributed by atoms with van der Waals surface area (Å²) in [7, 11) is 1.49. The summed E-state index contributed by atoms with van der Waals surface area (Å²) in [4.78, 5) is 12.3. The number of halogens is 1. The van der Waals surface area contributed by atoms with Gasteiger partial charge in [-0.1, -0.05) is 12.1 Å². The largest absolute Gasteiger partial charge is 0.494 e. The molecule has 104 valence electrons. The summed E-state index contributed by atoms with van der Waals surface area (Å²) < 4.78 is 6.01. The second-order valence-corrected chi connectivity index (χ2v) is 5.22. The maximum atomic E-state index is 12.3. The number of anilines is 2. The molecule has 0 heterocycles. The maximum absolute atomic E-state index is 12.3. The van der Waals surface area contributed by atoms with Gasteiger partial charge in [0.05, 0.1) is 24.0 Å². The lowest BCUT2D eigenvalue weighted by Crippen LogP contribution is -2.14. The number of methoxy groups -OCH3 is 1. The summed E-state index contributed by atoms with van der Waals surface area (Å²) in [6.07, 6.45) is 0. The molecule has 0 aromatic heterocycles. The van der Waals surface area contributed by atoms with Gasteiger partial charge in [0, 0.05) is 4.47 Å². The van der Waals surface area contributed by atoms with E-state index in [0.29, 0.717) is 22.7 Å². The monoisotopic (exact) mass is 334 g/mol. The SMILES string of the molecule is COc1c(N)cccc1C(=O)Nc1ccc(C)cc1Br. The summed E-state index contributed by atoms with van der Waals surface area (Å²) in [5.41, 5.74) is 8.44. The van der Waals surface area contributed by atoms with Crippen molar-refractivity contribution in [3.8, 4) is 5.75 Å². The van der Waals surface area contributed by atoms with Crippen LogP contribution in [0.5, 0.6) is 5.75 Å². The molecule has 20 heavy (non-hydrogen) atoms. The van der Waals surface area contributed by atoms with E-state index in [1.165, 1.54) is 7.11 Å². The van der Waals surface area contributed by atoms with E-state index in [1.54, 1.807) is 18.2 Å². The quantitative estimate of drug-likeness (QED) is 0.843. The molecule has 4 nitrogen and oxygen atoms in total. The van der Waals surface area contributed by atoms with Crippen molar-refractivity contribution < 1.29 is 9.53 Å². The van der Waals surface area contributed by atoms with E-state index in [4.69, 9.17) is 10.5 Å². The fraction of sp³-hybridized carbons (Fsp3) is 0.133. The van der Waals surface area contributed by atoms with Crippen molar-refractivity contribution in [1.29, 1.82) is 0 Å². The van der Waals surface area contributed by atoms with Gasteiger partial charge in [-0.2, -0.15) is 0 Å². The van der Waals surface area contributed by atoms with E-state index >= 15 is 0 Å². The number of carbonyl (C=O) groups is 1. The number of ether oxygens (including phenoxy) is 1. The molecule has 0 fully saturated rings. The lowest BCUT2D eigenvalue weighted by Gasteiger charge is -2.12. The number of aryl methyl sites for hydroxylation is 1. The Morgan fingerprint density at radius 1 is 1.30 bits per heavy atom. The smallest absolute Gasteiger partial charge is 0.259 e. The zero-order valence-electron chi connectivity index (χ0n) is 11.2. The molecule has 0 saturated carbocycles. The summed E-state index contributed by atoms with van der Waals surface area (Å²) in [6.45, 7) is 1.98. The van der Waals surface area contributed by atoms with Crippen LogP contribution in [-0.2, 0) is 0 Å². The molecule has 2 rings (SSSR count). The average Bonchev–Trinajstić information content (AvgIpc) is 2.41. The Kier molecular flexibility index (Phi) is 4.29. The third-order valence-electron chi connectivity index (χ3n) is 2.87. The van der Waals surface area contributed by atoms with Crippen molar-refractivity contribution in [2.24, 2.45) is 0 Å². The van der Waals surface area contributed by atoms with E-state index in [-0.39, 0.29) is 5.91 Å². The van der Waals surface area contributed by atoms with Crippen molar-refractivity contribution >= 4 is 33.2 Å². The highest BCUT2D eigenvalue weighted by Gasteiger charge is 2.15. The normalized spacial score (nSPS) is 10.2. The van der Waals surface area contributed by atoms with Gasteiger partial charge in [-0.3, -0.25) is 4.79 Å². The molecule has 0 spiro atoms. The molecule has 0 bridgehead atoms. The summed E-state index contributed by atoms with van der Waals surface area (Å²) in [5, 5.41) is 2.83. The van der Waals surface area contributed by atoms with E-state index in [2.05, 4.69) is 21.2 Å². The van der Waals surface area contributed by atoms with Gasteiger partial charge >= 0.3 is 0 Å². The molecular formula is C15H15BrN2O2. The molecule has 3 N–H and O–H groups in total. The zero-order valence-corrected chi connectivity index (χ0v) is 12.8. The second kappa shape index (κ2) is 5.96. The van der Waals surface area contributed by atoms with Gasteiger partial charge in [-0.25, -0.2) is 0 Å². The fourth-order valence-electron chi connectivity index (χ4n) is 1.87. The number of nitrogen functional groups attached to an aromatic ring is 1. The Morgan fingerprint density at radius 2 is 2.05 bits per heavy atom. The predicted molar refractivity (Wildman–Crippen MR) is 84.2 cm³/mol. The van der Waals surface area contributed by atoms with Gasteiger partial charge in [0.1, 0.15) is 0 Å². The van der Waals surface area contributed by atoms with Gasteiger partial charge in [-0.15, -0.1) is 0 Å². The molecule has 0 radical (unpaired) electrons. The van der Waals surface area contributed by atoms with Crippen LogP contribution in [0.3, 0.4) is 0 Å². The summed E-state index contributed by atoms with van der Waals surface area (Å²) in [6, 6.07) is 10.8. The first-order valence-corrected chi connectivity index (χ1v) is 6.82. The van der Waals surface area contributed by atoms with E-state index in [0.717, 1.165) is 10.0 Å². The predicted octanol–water partition coefficient (Wildman–Crippen LogP) is 3.60. The number of rotatable bonds is 3. The fourth-order valence-corrected chi connectivity index (χ4v) is 2.47. The van der Waals surface area contributed by atoms with E-state index in [1.807, 2.05) is 25.1 Å². The van der Waals surface area contributed by atoms with Gasteiger partial charge < -0.3 is 15.8 Å². The number of hydrogen-bond acceptors (Lipinski definition) is 3.